The maximum absolute atomic E-state index is 13.3. The largest absolute Gasteiger partial charge is 0.421 e. The van der Waals surface area contributed by atoms with Crippen molar-refractivity contribution in [2.75, 3.05) is 31.1 Å². The van der Waals surface area contributed by atoms with Crippen molar-refractivity contribution in [1.82, 2.24) is 14.5 Å². The number of rotatable bonds is 6. The lowest BCUT2D eigenvalue weighted by atomic mass is 9.75. The number of amides is 3. The van der Waals surface area contributed by atoms with Crippen molar-refractivity contribution in [2.45, 2.75) is 53.8 Å². The van der Waals surface area contributed by atoms with Crippen LogP contribution in [-0.2, 0) is 20.4 Å². The zero-order valence-electron chi connectivity index (χ0n) is 20.4. The van der Waals surface area contributed by atoms with Gasteiger partial charge in [-0.2, -0.15) is 17.5 Å². The molecule has 1 saturated carbocycles. The van der Waals surface area contributed by atoms with E-state index in [-0.39, 0.29) is 41.9 Å². The molecule has 1 unspecified atom stereocenters. The normalized spacial score (nSPS) is 23.9. The molecule has 3 aliphatic rings. The van der Waals surface area contributed by atoms with Crippen LogP contribution in [0.4, 0.5) is 23.7 Å². The second-order valence-electron chi connectivity index (χ2n) is 10.0. The van der Waals surface area contributed by atoms with Gasteiger partial charge in [0, 0.05) is 31.9 Å². The predicted octanol–water partition coefficient (Wildman–Crippen LogP) is 2.87. The summed E-state index contributed by atoms with van der Waals surface area (Å²) in [6.45, 7) is 1.07. The molecule has 1 aliphatic carbocycles. The number of benzene rings is 1. The van der Waals surface area contributed by atoms with Crippen LogP contribution in [0.1, 0.15) is 31.7 Å². The summed E-state index contributed by atoms with van der Waals surface area (Å²) in [5.74, 6) is -0.363. The lowest BCUT2D eigenvalue weighted by Gasteiger charge is -2.48. The molecule has 14 heteroatoms. The molecular weight excluding hydrogens is 545 g/mol. The monoisotopic (exact) mass is 572 g/mol. The van der Waals surface area contributed by atoms with Crippen molar-refractivity contribution in [3.05, 3.63) is 47.3 Å². The standard InChI is InChI=1S/C24H27F3N4O5S2/c1-22(34,24(25,26)27)16-5-7-17(8-6-16)30-12-11-29(38(35,36)19-4-2-13-37-19)14-18(30)15-31-21(33)28-20(32)23(31)9-3-10-23/h2,4-8,13,18,34H,3,9-12,14-15H2,1H3,(H,28,32,33)/t18-,22?/m1/s1. The lowest BCUT2D eigenvalue weighted by Crippen LogP contribution is -2.62. The third-order valence-corrected chi connectivity index (χ3v) is 11.1. The molecule has 2 aliphatic heterocycles. The zero-order chi connectivity index (χ0) is 27.5. The number of hydrogen-bond acceptors (Lipinski definition) is 7. The Morgan fingerprint density at radius 3 is 2.37 bits per heavy atom. The highest BCUT2D eigenvalue weighted by atomic mass is 32.2. The number of nitrogens with one attached hydrogen (secondary N) is 1. The number of sulfonamides is 1. The molecule has 1 aromatic carbocycles. The molecule has 1 spiro atoms. The molecule has 2 N–H and O–H groups in total. The highest BCUT2D eigenvalue weighted by Gasteiger charge is 2.57. The molecule has 2 atom stereocenters. The van der Waals surface area contributed by atoms with Gasteiger partial charge in [0.05, 0.1) is 6.04 Å². The van der Waals surface area contributed by atoms with Crippen LogP contribution in [0.5, 0.6) is 0 Å². The molecule has 5 rings (SSSR count). The van der Waals surface area contributed by atoms with Gasteiger partial charge in [0.1, 0.15) is 9.75 Å². The number of imide groups is 1. The second-order valence-corrected chi connectivity index (χ2v) is 13.1. The van der Waals surface area contributed by atoms with Gasteiger partial charge in [-0.05, 0) is 55.3 Å². The number of nitrogens with zero attached hydrogens (tertiary/aromatic N) is 3. The molecule has 0 bridgehead atoms. The highest BCUT2D eigenvalue weighted by molar-refractivity contribution is 7.91. The minimum absolute atomic E-state index is 0.0102. The van der Waals surface area contributed by atoms with E-state index in [1.165, 1.54) is 39.5 Å². The molecule has 3 heterocycles. The quantitative estimate of drug-likeness (QED) is 0.516. The highest BCUT2D eigenvalue weighted by Crippen LogP contribution is 2.42. The number of anilines is 1. The number of carbonyl (C=O) groups excluding carboxylic acids is 2. The van der Waals surface area contributed by atoms with E-state index in [2.05, 4.69) is 5.32 Å². The van der Waals surface area contributed by atoms with E-state index in [1.807, 2.05) is 4.90 Å². The Balaban J connectivity index is 1.46. The van der Waals surface area contributed by atoms with Gasteiger partial charge >= 0.3 is 12.2 Å². The van der Waals surface area contributed by atoms with E-state index < -0.39 is 39.4 Å². The maximum Gasteiger partial charge on any atom is 0.421 e. The number of carbonyl (C=O) groups is 2. The smallest absolute Gasteiger partial charge is 0.376 e. The van der Waals surface area contributed by atoms with Crippen molar-refractivity contribution in [2.24, 2.45) is 0 Å². The van der Waals surface area contributed by atoms with Crippen LogP contribution >= 0.6 is 11.3 Å². The first kappa shape index (κ1) is 26.9. The fourth-order valence-electron chi connectivity index (χ4n) is 5.29. The fraction of sp³-hybridized carbons (Fsp3) is 0.500. The first-order chi connectivity index (χ1) is 17.8. The Kier molecular flexibility index (Phi) is 6.52. The van der Waals surface area contributed by atoms with Gasteiger partial charge in [0.2, 0.25) is 0 Å². The van der Waals surface area contributed by atoms with Crippen LogP contribution in [0.15, 0.2) is 46.0 Å². The van der Waals surface area contributed by atoms with Crippen molar-refractivity contribution in [3.63, 3.8) is 0 Å². The van der Waals surface area contributed by atoms with Crippen LogP contribution in [-0.4, -0.2) is 78.6 Å². The topological polar surface area (TPSA) is 110 Å². The van der Waals surface area contributed by atoms with Gasteiger partial charge in [-0.15, -0.1) is 11.3 Å². The summed E-state index contributed by atoms with van der Waals surface area (Å²) < 4.78 is 68.0. The van der Waals surface area contributed by atoms with Gasteiger partial charge in [0.25, 0.3) is 15.9 Å². The summed E-state index contributed by atoms with van der Waals surface area (Å²) in [6.07, 6.45) is -3.07. The molecular formula is C24H27F3N4O5S2. The van der Waals surface area contributed by atoms with Crippen LogP contribution in [0, 0.1) is 0 Å². The Morgan fingerprint density at radius 1 is 1.13 bits per heavy atom. The predicted molar refractivity (Wildman–Crippen MR) is 133 cm³/mol. The number of urea groups is 1. The summed E-state index contributed by atoms with van der Waals surface area (Å²) in [6, 6.07) is 7.31. The number of aliphatic hydroxyl groups is 1. The Labute approximate surface area is 221 Å². The average molecular weight is 573 g/mol. The molecule has 3 amide bonds. The van der Waals surface area contributed by atoms with E-state index in [4.69, 9.17) is 0 Å². The Hall–Kier alpha value is -2.68. The average Bonchev–Trinajstić information content (AvgIpc) is 3.45. The molecule has 2 aromatic rings. The lowest BCUT2D eigenvalue weighted by molar-refractivity contribution is -0.258. The van der Waals surface area contributed by atoms with Gasteiger partial charge in [-0.3, -0.25) is 10.1 Å². The van der Waals surface area contributed by atoms with Crippen molar-refractivity contribution in [3.8, 4) is 0 Å². The van der Waals surface area contributed by atoms with Crippen LogP contribution in [0.3, 0.4) is 0 Å². The van der Waals surface area contributed by atoms with E-state index in [0.29, 0.717) is 25.5 Å². The molecule has 38 heavy (non-hydrogen) atoms. The Bertz CT molecular complexity index is 1330. The third-order valence-electron chi connectivity index (χ3n) is 7.83. The van der Waals surface area contributed by atoms with Crippen LogP contribution in [0.25, 0.3) is 0 Å². The molecule has 1 aromatic heterocycles. The molecule has 206 valence electrons. The minimum Gasteiger partial charge on any atom is -0.376 e. The summed E-state index contributed by atoms with van der Waals surface area (Å²) in [5.41, 5.74) is -3.81. The van der Waals surface area contributed by atoms with Crippen LogP contribution in [0.2, 0.25) is 0 Å². The summed E-state index contributed by atoms with van der Waals surface area (Å²) in [5, 5.41) is 14.1. The Morgan fingerprint density at radius 2 is 1.82 bits per heavy atom. The van der Waals surface area contributed by atoms with Crippen molar-refractivity contribution < 1.29 is 36.3 Å². The minimum atomic E-state index is -4.87. The van der Waals surface area contributed by atoms with Gasteiger partial charge in [-0.25, -0.2) is 13.2 Å². The second kappa shape index (κ2) is 9.21. The van der Waals surface area contributed by atoms with Gasteiger partial charge in [0.15, 0.2) is 5.60 Å². The number of alkyl halides is 3. The summed E-state index contributed by atoms with van der Waals surface area (Å²) in [7, 11) is -3.80. The van der Waals surface area contributed by atoms with E-state index in [1.54, 1.807) is 11.4 Å². The van der Waals surface area contributed by atoms with E-state index in [9.17, 15) is 36.3 Å². The maximum atomic E-state index is 13.3. The summed E-state index contributed by atoms with van der Waals surface area (Å²) >= 11 is 1.10. The van der Waals surface area contributed by atoms with Crippen molar-refractivity contribution in [1.29, 1.82) is 0 Å². The van der Waals surface area contributed by atoms with Gasteiger partial charge < -0.3 is 14.9 Å². The summed E-state index contributed by atoms with van der Waals surface area (Å²) in [4.78, 5) is 28.6. The number of halogens is 3. The SMILES string of the molecule is CC(O)(c1ccc(N2CCN(S(=O)(=O)c3cccs3)C[C@@H]2CN2C(=O)NC(=O)C23CCC3)cc1)C(F)(F)F. The van der Waals surface area contributed by atoms with Gasteiger partial charge in [-0.1, -0.05) is 18.2 Å². The van der Waals surface area contributed by atoms with Crippen LogP contribution < -0.4 is 10.2 Å². The van der Waals surface area contributed by atoms with E-state index >= 15 is 0 Å². The number of piperazine rings is 1. The zero-order valence-corrected chi connectivity index (χ0v) is 22.1. The molecule has 9 nitrogen and oxygen atoms in total. The third kappa shape index (κ3) is 4.27. The van der Waals surface area contributed by atoms with E-state index in [0.717, 1.165) is 17.8 Å². The molecule has 3 fully saturated rings. The number of thiophene rings is 1. The molecule has 0 radical (unpaired) electrons. The fourth-order valence-corrected chi connectivity index (χ4v) is 7.91. The van der Waals surface area contributed by atoms with Crippen molar-refractivity contribution >= 4 is 39.0 Å². The number of hydrogen-bond donors (Lipinski definition) is 2. The molecule has 2 saturated heterocycles. The first-order valence-electron chi connectivity index (χ1n) is 12.1. The first-order valence-corrected chi connectivity index (χ1v) is 14.4.